The zero-order valence-electron chi connectivity index (χ0n) is 8.25. The topological polar surface area (TPSA) is 33.6 Å². The Morgan fingerprint density at radius 1 is 1.57 bits per heavy atom. The zero-order chi connectivity index (χ0) is 10.4. The van der Waals surface area contributed by atoms with Gasteiger partial charge in [0.25, 0.3) is 0 Å². The molecule has 1 N–H and O–H groups in total. The maximum absolute atomic E-state index is 5.39. The van der Waals surface area contributed by atoms with Gasteiger partial charge in [-0.2, -0.15) is 5.10 Å². The maximum Gasteiger partial charge on any atom is 0.133 e. The molecule has 1 aromatic carbocycles. The first kappa shape index (κ1) is 11.0. The van der Waals surface area contributed by atoms with Crippen molar-refractivity contribution in [3.63, 3.8) is 0 Å². The molecule has 0 spiro atoms. The van der Waals surface area contributed by atoms with E-state index in [4.69, 9.17) is 4.74 Å². The Morgan fingerprint density at radius 2 is 2.36 bits per heavy atom. The number of ether oxygens (including phenoxy) is 1. The average Bonchev–Trinajstić information content (AvgIpc) is 2.19. The molecule has 0 amide bonds. The number of nitrogens with zero attached hydrogens (tertiary/aromatic N) is 1. The van der Waals surface area contributed by atoms with E-state index in [9.17, 15) is 0 Å². The highest BCUT2D eigenvalue weighted by molar-refractivity contribution is 9.10. The summed E-state index contributed by atoms with van der Waals surface area (Å²) in [5.41, 5.74) is 3.72. The lowest BCUT2D eigenvalue weighted by atomic mass is 10.2. The van der Waals surface area contributed by atoms with Gasteiger partial charge in [0.2, 0.25) is 0 Å². The number of rotatable bonds is 4. The van der Waals surface area contributed by atoms with Crippen LogP contribution in [0.5, 0.6) is 5.75 Å². The standard InChI is InChI=1S/C10H13BrN2O/c1-3-14-10-5-4-8(6-9(10)11)7-13-12-2/h4-7,12H,3H2,1-2H3/b13-7+. The molecular formula is C10H13BrN2O. The van der Waals surface area contributed by atoms with Crippen LogP contribution >= 0.6 is 15.9 Å². The molecule has 0 fully saturated rings. The maximum atomic E-state index is 5.39. The lowest BCUT2D eigenvalue weighted by Crippen LogP contribution is -1.96. The van der Waals surface area contributed by atoms with E-state index in [0.29, 0.717) is 6.61 Å². The molecule has 4 heteroatoms. The van der Waals surface area contributed by atoms with Crippen molar-refractivity contribution in [1.82, 2.24) is 5.43 Å². The Morgan fingerprint density at radius 3 is 2.93 bits per heavy atom. The highest BCUT2D eigenvalue weighted by Crippen LogP contribution is 2.25. The number of hydrazone groups is 1. The molecule has 0 atom stereocenters. The van der Waals surface area contributed by atoms with Gasteiger partial charge < -0.3 is 10.2 Å². The van der Waals surface area contributed by atoms with Crippen LogP contribution in [-0.4, -0.2) is 19.9 Å². The molecule has 0 radical (unpaired) electrons. The number of hydrogen-bond acceptors (Lipinski definition) is 3. The van der Waals surface area contributed by atoms with Gasteiger partial charge >= 0.3 is 0 Å². The van der Waals surface area contributed by atoms with Crippen molar-refractivity contribution >= 4 is 22.1 Å². The van der Waals surface area contributed by atoms with Crippen LogP contribution in [0, 0.1) is 0 Å². The average molecular weight is 257 g/mol. The van der Waals surface area contributed by atoms with Crippen LogP contribution in [0.1, 0.15) is 12.5 Å². The first-order valence-electron chi connectivity index (χ1n) is 4.40. The van der Waals surface area contributed by atoms with E-state index < -0.39 is 0 Å². The van der Waals surface area contributed by atoms with E-state index >= 15 is 0 Å². The fourth-order valence-electron chi connectivity index (χ4n) is 1.01. The molecule has 76 valence electrons. The van der Waals surface area contributed by atoms with E-state index in [1.807, 2.05) is 25.1 Å². The second-order valence-electron chi connectivity index (χ2n) is 2.60. The number of nitrogens with one attached hydrogen (secondary N) is 1. The van der Waals surface area contributed by atoms with Crippen molar-refractivity contribution in [3.05, 3.63) is 28.2 Å². The van der Waals surface area contributed by atoms with Crippen molar-refractivity contribution in [1.29, 1.82) is 0 Å². The van der Waals surface area contributed by atoms with Gasteiger partial charge in [-0.05, 0) is 46.6 Å². The minimum Gasteiger partial charge on any atom is -0.493 e. The first-order valence-corrected chi connectivity index (χ1v) is 5.19. The van der Waals surface area contributed by atoms with Crippen molar-refractivity contribution in [2.45, 2.75) is 6.92 Å². The Bertz CT molecular complexity index is 326. The van der Waals surface area contributed by atoms with Crippen molar-refractivity contribution < 1.29 is 4.74 Å². The fourth-order valence-corrected chi connectivity index (χ4v) is 1.52. The molecule has 0 bridgehead atoms. The van der Waals surface area contributed by atoms with E-state index in [0.717, 1.165) is 15.8 Å². The number of benzene rings is 1. The highest BCUT2D eigenvalue weighted by atomic mass is 79.9. The van der Waals surface area contributed by atoms with Crippen LogP contribution in [-0.2, 0) is 0 Å². The molecular weight excluding hydrogens is 244 g/mol. The fraction of sp³-hybridized carbons (Fsp3) is 0.300. The number of hydrogen-bond donors (Lipinski definition) is 1. The van der Waals surface area contributed by atoms with Gasteiger partial charge in [0, 0.05) is 7.05 Å². The zero-order valence-corrected chi connectivity index (χ0v) is 9.84. The summed E-state index contributed by atoms with van der Waals surface area (Å²) in [6, 6.07) is 5.84. The van der Waals surface area contributed by atoms with Crippen LogP contribution in [0.25, 0.3) is 0 Å². The predicted octanol–water partition coefficient (Wildman–Crippen LogP) is 2.40. The molecule has 14 heavy (non-hydrogen) atoms. The van der Waals surface area contributed by atoms with Gasteiger partial charge in [-0.1, -0.05) is 0 Å². The lowest BCUT2D eigenvalue weighted by molar-refractivity contribution is 0.338. The summed E-state index contributed by atoms with van der Waals surface area (Å²) in [7, 11) is 1.76. The van der Waals surface area contributed by atoms with Crippen LogP contribution in [0.4, 0.5) is 0 Å². The summed E-state index contributed by atoms with van der Waals surface area (Å²) < 4.78 is 6.33. The van der Waals surface area contributed by atoms with E-state index in [1.54, 1.807) is 13.3 Å². The summed E-state index contributed by atoms with van der Waals surface area (Å²) >= 11 is 3.43. The molecule has 0 aliphatic carbocycles. The van der Waals surface area contributed by atoms with Crippen molar-refractivity contribution in [3.8, 4) is 5.75 Å². The molecule has 0 aliphatic rings. The largest absolute Gasteiger partial charge is 0.493 e. The normalized spacial score (nSPS) is 10.5. The molecule has 0 saturated carbocycles. The van der Waals surface area contributed by atoms with Gasteiger partial charge in [0.15, 0.2) is 0 Å². The Kier molecular flexibility index (Phi) is 4.46. The molecule has 0 saturated heterocycles. The summed E-state index contributed by atoms with van der Waals surface area (Å²) in [6.07, 6.45) is 1.75. The first-order chi connectivity index (χ1) is 6.77. The molecule has 0 aromatic heterocycles. The Balaban J connectivity index is 2.83. The van der Waals surface area contributed by atoms with E-state index in [-0.39, 0.29) is 0 Å². The van der Waals surface area contributed by atoms with Gasteiger partial charge in [0.05, 0.1) is 17.3 Å². The third kappa shape index (κ3) is 3.03. The number of halogens is 1. The molecule has 0 aliphatic heterocycles. The highest BCUT2D eigenvalue weighted by Gasteiger charge is 2.00. The third-order valence-corrected chi connectivity index (χ3v) is 2.22. The second-order valence-corrected chi connectivity index (χ2v) is 3.46. The lowest BCUT2D eigenvalue weighted by Gasteiger charge is -2.05. The van der Waals surface area contributed by atoms with Crippen molar-refractivity contribution in [2.24, 2.45) is 5.10 Å². The van der Waals surface area contributed by atoms with Crippen LogP contribution in [0.3, 0.4) is 0 Å². The van der Waals surface area contributed by atoms with Gasteiger partial charge in [-0.15, -0.1) is 0 Å². The van der Waals surface area contributed by atoms with Crippen molar-refractivity contribution in [2.75, 3.05) is 13.7 Å². The van der Waals surface area contributed by atoms with Gasteiger partial charge in [-0.3, -0.25) is 0 Å². The van der Waals surface area contributed by atoms with E-state index in [2.05, 4.69) is 26.5 Å². The molecule has 1 aromatic rings. The summed E-state index contributed by atoms with van der Waals surface area (Å²) in [4.78, 5) is 0. The second kappa shape index (κ2) is 5.65. The Labute approximate surface area is 92.3 Å². The minimum atomic E-state index is 0.669. The predicted molar refractivity (Wildman–Crippen MR) is 62.0 cm³/mol. The Hall–Kier alpha value is -1.03. The van der Waals surface area contributed by atoms with Gasteiger partial charge in [0.1, 0.15) is 5.75 Å². The molecule has 1 rings (SSSR count). The minimum absolute atomic E-state index is 0.669. The van der Waals surface area contributed by atoms with E-state index in [1.165, 1.54) is 0 Å². The molecule has 3 nitrogen and oxygen atoms in total. The van der Waals surface area contributed by atoms with Crippen LogP contribution in [0.2, 0.25) is 0 Å². The smallest absolute Gasteiger partial charge is 0.133 e. The third-order valence-electron chi connectivity index (χ3n) is 1.60. The molecule has 0 unspecified atom stereocenters. The SMILES string of the molecule is CCOc1ccc(/C=N/NC)cc1Br. The summed E-state index contributed by atoms with van der Waals surface area (Å²) in [6.45, 7) is 2.63. The van der Waals surface area contributed by atoms with Crippen LogP contribution in [0.15, 0.2) is 27.8 Å². The quantitative estimate of drug-likeness (QED) is 0.663. The monoisotopic (exact) mass is 256 g/mol. The van der Waals surface area contributed by atoms with Crippen LogP contribution < -0.4 is 10.2 Å². The molecule has 0 heterocycles. The summed E-state index contributed by atoms with van der Waals surface area (Å²) in [5, 5.41) is 3.92. The van der Waals surface area contributed by atoms with Gasteiger partial charge in [-0.25, -0.2) is 0 Å². The summed E-state index contributed by atoms with van der Waals surface area (Å²) in [5.74, 6) is 0.856.